The zero-order chi connectivity index (χ0) is 13.5. The van der Waals surface area contributed by atoms with E-state index >= 15 is 0 Å². The highest BCUT2D eigenvalue weighted by Crippen LogP contribution is 2.32. The molecule has 1 fully saturated rings. The fourth-order valence-corrected chi connectivity index (χ4v) is 3.66. The Morgan fingerprint density at radius 1 is 1.42 bits per heavy atom. The Morgan fingerprint density at radius 2 is 2.21 bits per heavy atom. The molecule has 0 amide bonds. The highest BCUT2D eigenvalue weighted by molar-refractivity contribution is 7.99. The average Bonchev–Trinajstić information content (AvgIpc) is 2.46. The minimum Gasteiger partial charge on any atom is -0.389 e. The molecule has 1 heterocycles. The van der Waals surface area contributed by atoms with Crippen LogP contribution in [0.4, 0.5) is 0 Å². The highest BCUT2D eigenvalue weighted by Gasteiger charge is 2.23. The second-order valence-corrected chi connectivity index (χ2v) is 6.15. The molecule has 1 aromatic carbocycles. The van der Waals surface area contributed by atoms with Gasteiger partial charge in [0.2, 0.25) is 0 Å². The normalized spacial score (nSPS) is 22.3. The Hall–Kier alpha value is -0.550. The van der Waals surface area contributed by atoms with Crippen LogP contribution < -0.4 is 0 Å². The molecular formula is C15H23NO2S. The summed E-state index contributed by atoms with van der Waals surface area (Å²) in [5.41, 5.74) is 1.39. The van der Waals surface area contributed by atoms with Crippen LogP contribution in [0, 0.1) is 0 Å². The zero-order valence-electron chi connectivity index (χ0n) is 11.5. The first-order valence-corrected chi connectivity index (χ1v) is 7.99. The van der Waals surface area contributed by atoms with Crippen LogP contribution in [0.1, 0.15) is 17.7 Å². The summed E-state index contributed by atoms with van der Waals surface area (Å²) in [6.45, 7) is 5.84. The van der Waals surface area contributed by atoms with E-state index in [9.17, 15) is 5.11 Å². The third-order valence-corrected chi connectivity index (χ3v) is 4.55. The maximum Gasteiger partial charge on any atom is 0.0900 e. The predicted molar refractivity (Wildman–Crippen MR) is 80.6 cm³/mol. The number of thioether (sulfide) groups is 1. The van der Waals surface area contributed by atoms with Crippen molar-refractivity contribution in [2.45, 2.75) is 18.3 Å². The van der Waals surface area contributed by atoms with Crippen molar-refractivity contribution in [3.63, 3.8) is 0 Å². The van der Waals surface area contributed by atoms with Gasteiger partial charge >= 0.3 is 0 Å². The maximum absolute atomic E-state index is 9.92. The van der Waals surface area contributed by atoms with Crippen molar-refractivity contribution in [1.29, 1.82) is 0 Å². The van der Waals surface area contributed by atoms with E-state index in [1.54, 1.807) is 0 Å². The van der Waals surface area contributed by atoms with Gasteiger partial charge < -0.3 is 9.84 Å². The molecule has 19 heavy (non-hydrogen) atoms. The summed E-state index contributed by atoms with van der Waals surface area (Å²) in [5, 5.41) is 10.4. The molecule has 2 atom stereocenters. The van der Waals surface area contributed by atoms with Crippen molar-refractivity contribution in [1.82, 2.24) is 4.90 Å². The van der Waals surface area contributed by atoms with Gasteiger partial charge in [0.25, 0.3) is 0 Å². The summed E-state index contributed by atoms with van der Waals surface area (Å²) in [7, 11) is 0. The third-order valence-electron chi connectivity index (χ3n) is 3.31. The van der Waals surface area contributed by atoms with Gasteiger partial charge in [-0.3, -0.25) is 4.90 Å². The smallest absolute Gasteiger partial charge is 0.0900 e. The van der Waals surface area contributed by atoms with E-state index < -0.39 is 0 Å². The van der Waals surface area contributed by atoms with Gasteiger partial charge in [-0.05, 0) is 12.5 Å². The van der Waals surface area contributed by atoms with E-state index in [0.717, 1.165) is 18.8 Å². The molecule has 1 aliphatic heterocycles. The molecule has 1 aromatic rings. The van der Waals surface area contributed by atoms with Gasteiger partial charge in [0, 0.05) is 37.2 Å². The van der Waals surface area contributed by atoms with Crippen LogP contribution in [-0.4, -0.2) is 54.7 Å². The predicted octanol–water partition coefficient (Wildman–Crippen LogP) is 2.17. The Bertz CT molecular complexity index is 360. The fraction of sp³-hybridized carbons (Fsp3) is 0.600. The Balaban J connectivity index is 1.84. The number of hydrogen-bond acceptors (Lipinski definition) is 4. The molecule has 0 aliphatic carbocycles. The molecule has 0 spiro atoms. The van der Waals surface area contributed by atoms with Crippen molar-refractivity contribution >= 4 is 11.8 Å². The summed E-state index contributed by atoms with van der Waals surface area (Å²) < 4.78 is 5.27. The number of β-amino-alcohol motifs (C(OH)–C–C–N with tert-alkyl or cyclic N) is 1. The van der Waals surface area contributed by atoms with Gasteiger partial charge in [0.15, 0.2) is 0 Å². The van der Waals surface area contributed by atoms with Crippen LogP contribution in [0.2, 0.25) is 0 Å². The third kappa shape index (κ3) is 4.80. The average molecular weight is 281 g/mol. The fourth-order valence-electron chi connectivity index (χ4n) is 2.34. The minimum absolute atomic E-state index is 0.375. The molecule has 2 unspecified atom stereocenters. The van der Waals surface area contributed by atoms with Crippen LogP contribution in [0.25, 0.3) is 0 Å². The Kier molecular flexibility index (Phi) is 6.17. The van der Waals surface area contributed by atoms with E-state index in [2.05, 4.69) is 35.2 Å². The van der Waals surface area contributed by atoms with Crippen molar-refractivity contribution < 1.29 is 9.84 Å². The number of rotatable bonds is 6. The number of ether oxygens (including phenoxy) is 1. The molecular weight excluding hydrogens is 258 g/mol. The molecule has 3 nitrogen and oxygen atoms in total. The van der Waals surface area contributed by atoms with E-state index in [0.29, 0.717) is 25.0 Å². The molecule has 1 N–H and O–H groups in total. The first kappa shape index (κ1) is 14.9. The molecule has 0 saturated carbocycles. The van der Waals surface area contributed by atoms with Crippen LogP contribution >= 0.6 is 11.8 Å². The number of aliphatic hydroxyl groups excluding tert-OH is 1. The lowest BCUT2D eigenvalue weighted by molar-refractivity contribution is 0.0217. The van der Waals surface area contributed by atoms with E-state index in [4.69, 9.17) is 4.74 Å². The summed E-state index contributed by atoms with van der Waals surface area (Å²) in [4.78, 5) is 2.35. The number of nitrogens with zero attached hydrogens (tertiary/aromatic N) is 1. The molecule has 4 heteroatoms. The van der Waals surface area contributed by atoms with Crippen molar-refractivity contribution in [2.24, 2.45) is 0 Å². The maximum atomic E-state index is 9.92. The number of hydrogen-bond donors (Lipinski definition) is 1. The van der Waals surface area contributed by atoms with E-state index in [1.807, 2.05) is 18.7 Å². The molecule has 1 saturated heterocycles. The first-order chi connectivity index (χ1) is 9.29. The molecule has 2 rings (SSSR count). The largest absolute Gasteiger partial charge is 0.389 e. The summed E-state index contributed by atoms with van der Waals surface area (Å²) in [5.74, 6) is 1.13. The first-order valence-electron chi connectivity index (χ1n) is 6.94. The van der Waals surface area contributed by atoms with Gasteiger partial charge in [-0.2, -0.15) is 11.8 Å². The van der Waals surface area contributed by atoms with Gasteiger partial charge in [-0.1, -0.05) is 30.3 Å². The minimum atomic E-state index is -0.375. The Labute approximate surface area is 120 Å². The van der Waals surface area contributed by atoms with Gasteiger partial charge in [-0.25, -0.2) is 0 Å². The molecule has 0 aromatic heterocycles. The molecule has 1 aliphatic rings. The lowest BCUT2D eigenvalue weighted by atomic mass is 10.1. The monoisotopic (exact) mass is 281 g/mol. The quantitative estimate of drug-likeness (QED) is 0.866. The van der Waals surface area contributed by atoms with Crippen molar-refractivity contribution in [2.75, 3.05) is 38.6 Å². The summed E-state index contributed by atoms with van der Waals surface area (Å²) >= 11 is 2.01. The van der Waals surface area contributed by atoms with Gasteiger partial charge in [-0.15, -0.1) is 0 Å². The molecule has 0 bridgehead atoms. The number of benzene rings is 1. The lowest BCUT2D eigenvalue weighted by Gasteiger charge is -2.33. The van der Waals surface area contributed by atoms with Gasteiger partial charge in [0.05, 0.1) is 12.7 Å². The van der Waals surface area contributed by atoms with Crippen molar-refractivity contribution in [3.05, 3.63) is 35.9 Å². The summed E-state index contributed by atoms with van der Waals surface area (Å²) in [6, 6.07) is 10.6. The van der Waals surface area contributed by atoms with Crippen LogP contribution in [0.3, 0.4) is 0 Å². The standard InChI is InChI=1S/C15H23NO2S/c1-2-18-12-14(17)10-16-8-9-19-15(11-16)13-6-4-3-5-7-13/h3-7,14-15,17H,2,8-12H2,1H3. The van der Waals surface area contributed by atoms with Crippen LogP contribution in [-0.2, 0) is 4.74 Å². The SMILES string of the molecule is CCOCC(O)CN1CCSC(c2ccccc2)C1. The summed E-state index contributed by atoms with van der Waals surface area (Å²) in [6.07, 6.45) is -0.375. The zero-order valence-corrected chi connectivity index (χ0v) is 12.3. The second kappa shape index (κ2) is 7.90. The van der Waals surface area contributed by atoms with Crippen LogP contribution in [0.15, 0.2) is 30.3 Å². The topological polar surface area (TPSA) is 32.7 Å². The number of aliphatic hydroxyl groups is 1. The second-order valence-electron chi connectivity index (χ2n) is 4.84. The molecule has 106 valence electrons. The van der Waals surface area contributed by atoms with Gasteiger partial charge in [0.1, 0.15) is 0 Å². The van der Waals surface area contributed by atoms with Crippen molar-refractivity contribution in [3.8, 4) is 0 Å². The van der Waals surface area contributed by atoms with E-state index in [1.165, 1.54) is 5.56 Å². The highest BCUT2D eigenvalue weighted by atomic mass is 32.2. The molecule has 0 radical (unpaired) electrons. The lowest BCUT2D eigenvalue weighted by Crippen LogP contribution is -2.40. The van der Waals surface area contributed by atoms with E-state index in [-0.39, 0.29) is 6.10 Å². The Morgan fingerprint density at radius 3 is 2.95 bits per heavy atom. The van der Waals surface area contributed by atoms with Crippen LogP contribution in [0.5, 0.6) is 0 Å².